The van der Waals surface area contributed by atoms with Gasteiger partial charge in [-0.1, -0.05) is 20.3 Å². The molecule has 1 atom stereocenters. The molecule has 20 heavy (non-hydrogen) atoms. The summed E-state index contributed by atoms with van der Waals surface area (Å²) in [5.41, 5.74) is 1.26. The molecule has 0 radical (unpaired) electrons. The maximum absolute atomic E-state index is 5.06. The Kier molecular flexibility index (Phi) is 6.26. The van der Waals surface area contributed by atoms with E-state index in [0.717, 1.165) is 32.0 Å². The van der Waals surface area contributed by atoms with Crippen LogP contribution in [0, 0.1) is 5.92 Å². The van der Waals surface area contributed by atoms with Gasteiger partial charge in [-0.2, -0.15) is 0 Å². The van der Waals surface area contributed by atoms with Gasteiger partial charge in [0.25, 0.3) is 0 Å². The molecule has 5 heteroatoms. The van der Waals surface area contributed by atoms with Crippen molar-refractivity contribution < 1.29 is 4.74 Å². The summed E-state index contributed by atoms with van der Waals surface area (Å²) >= 11 is 1.86. The van der Waals surface area contributed by atoms with E-state index in [1.54, 1.807) is 7.11 Å². The largest absolute Gasteiger partial charge is 0.383 e. The molecular formula is C15H27N3OS. The zero-order valence-electron chi connectivity index (χ0n) is 12.9. The van der Waals surface area contributed by atoms with E-state index in [2.05, 4.69) is 24.1 Å². The minimum Gasteiger partial charge on any atom is -0.383 e. The molecule has 1 aromatic rings. The third-order valence-corrected chi connectivity index (χ3v) is 5.16. The van der Waals surface area contributed by atoms with E-state index in [4.69, 9.17) is 9.72 Å². The van der Waals surface area contributed by atoms with Crippen LogP contribution in [-0.2, 0) is 17.7 Å². The van der Waals surface area contributed by atoms with Crippen molar-refractivity contribution >= 4 is 16.5 Å². The van der Waals surface area contributed by atoms with Crippen LogP contribution in [0.4, 0.5) is 5.13 Å². The molecule has 1 unspecified atom stereocenters. The fourth-order valence-electron chi connectivity index (χ4n) is 2.64. The molecule has 114 valence electrons. The number of aromatic nitrogens is 1. The number of ether oxygens (including phenoxy) is 1. The molecule has 0 saturated carbocycles. The van der Waals surface area contributed by atoms with Crippen molar-refractivity contribution in [2.24, 2.45) is 5.92 Å². The average molecular weight is 297 g/mol. The van der Waals surface area contributed by atoms with Crippen molar-refractivity contribution in [3.8, 4) is 0 Å². The van der Waals surface area contributed by atoms with Gasteiger partial charge in [0, 0.05) is 38.2 Å². The summed E-state index contributed by atoms with van der Waals surface area (Å²) in [5, 5.41) is 4.65. The first-order valence-corrected chi connectivity index (χ1v) is 8.53. The topological polar surface area (TPSA) is 37.4 Å². The SMILES string of the molecule is CCc1nc(N2CCC(CC)C2)sc1CNCCOC. The normalized spacial score (nSPS) is 18.9. The predicted octanol–water partition coefficient (Wildman–Crippen LogP) is 2.68. The van der Waals surface area contributed by atoms with Gasteiger partial charge in [-0.05, 0) is 18.8 Å². The molecule has 4 nitrogen and oxygen atoms in total. The van der Waals surface area contributed by atoms with E-state index in [-0.39, 0.29) is 0 Å². The van der Waals surface area contributed by atoms with Crippen molar-refractivity contribution in [3.05, 3.63) is 10.6 Å². The van der Waals surface area contributed by atoms with Crippen LogP contribution >= 0.6 is 11.3 Å². The lowest BCUT2D eigenvalue weighted by Gasteiger charge is -2.14. The first-order valence-electron chi connectivity index (χ1n) is 7.71. The van der Waals surface area contributed by atoms with Crippen LogP contribution in [-0.4, -0.2) is 38.3 Å². The minimum atomic E-state index is 0.761. The molecule has 0 amide bonds. The maximum atomic E-state index is 5.06. The van der Waals surface area contributed by atoms with E-state index in [1.165, 1.54) is 41.6 Å². The van der Waals surface area contributed by atoms with Gasteiger partial charge in [-0.25, -0.2) is 4.98 Å². The second-order valence-corrected chi connectivity index (χ2v) is 6.46. The maximum Gasteiger partial charge on any atom is 0.185 e. The number of hydrogen-bond donors (Lipinski definition) is 1. The third-order valence-electron chi connectivity index (χ3n) is 4.00. The number of anilines is 1. The number of thiazole rings is 1. The predicted molar refractivity (Wildman–Crippen MR) is 85.7 cm³/mol. The number of rotatable bonds is 8. The highest BCUT2D eigenvalue weighted by Crippen LogP contribution is 2.31. The number of aryl methyl sites for hydroxylation is 1. The van der Waals surface area contributed by atoms with E-state index >= 15 is 0 Å². The fourth-order valence-corrected chi connectivity index (χ4v) is 3.79. The van der Waals surface area contributed by atoms with Crippen LogP contribution < -0.4 is 10.2 Å². The summed E-state index contributed by atoms with van der Waals surface area (Å²) < 4.78 is 5.06. The van der Waals surface area contributed by atoms with Gasteiger partial charge < -0.3 is 15.0 Å². The molecule has 1 aliphatic heterocycles. The highest BCUT2D eigenvalue weighted by molar-refractivity contribution is 7.15. The molecule has 1 saturated heterocycles. The Morgan fingerprint density at radius 2 is 2.30 bits per heavy atom. The lowest BCUT2D eigenvalue weighted by Crippen LogP contribution is -2.19. The number of methoxy groups -OCH3 is 1. The summed E-state index contributed by atoms with van der Waals surface area (Å²) in [6.07, 6.45) is 3.62. The van der Waals surface area contributed by atoms with Gasteiger partial charge in [0.15, 0.2) is 5.13 Å². The molecule has 2 heterocycles. The van der Waals surface area contributed by atoms with E-state index < -0.39 is 0 Å². The summed E-state index contributed by atoms with van der Waals surface area (Å²) in [4.78, 5) is 8.71. The summed E-state index contributed by atoms with van der Waals surface area (Å²) in [7, 11) is 1.74. The molecule has 0 spiro atoms. The van der Waals surface area contributed by atoms with Gasteiger partial charge >= 0.3 is 0 Å². The second kappa shape index (κ2) is 7.96. The Balaban J connectivity index is 1.95. The monoisotopic (exact) mass is 297 g/mol. The van der Waals surface area contributed by atoms with Crippen molar-refractivity contribution in [3.63, 3.8) is 0 Å². The van der Waals surface area contributed by atoms with Crippen molar-refractivity contribution in [2.75, 3.05) is 38.3 Å². The highest BCUT2D eigenvalue weighted by Gasteiger charge is 2.24. The van der Waals surface area contributed by atoms with Crippen LogP contribution in [0.2, 0.25) is 0 Å². The van der Waals surface area contributed by atoms with E-state index in [0.29, 0.717) is 0 Å². The molecule has 1 N–H and O–H groups in total. The Hall–Kier alpha value is -0.650. The molecule has 2 rings (SSSR count). The Morgan fingerprint density at radius 1 is 1.45 bits per heavy atom. The van der Waals surface area contributed by atoms with Crippen LogP contribution in [0.3, 0.4) is 0 Å². The van der Waals surface area contributed by atoms with Crippen LogP contribution in [0.15, 0.2) is 0 Å². The van der Waals surface area contributed by atoms with Gasteiger partial charge in [-0.3, -0.25) is 0 Å². The van der Waals surface area contributed by atoms with Crippen LogP contribution in [0.25, 0.3) is 0 Å². The molecule has 0 aromatic carbocycles. The highest BCUT2D eigenvalue weighted by atomic mass is 32.1. The number of hydrogen-bond acceptors (Lipinski definition) is 5. The van der Waals surface area contributed by atoms with Gasteiger partial charge in [0.2, 0.25) is 0 Å². The van der Waals surface area contributed by atoms with Crippen LogP contribution in [0.1, 0.15) is 37.3 Å². The van der Waals surface area contributed by atoms with Gasteiger partial charge in [-0.15, -0.1) is 11.3 Å². The van der Waals surface area contributed by atoms with Gasteiger partial charge in [0.1, 0.15) is 0 Å². The molecule has 0 bridgehead atoms. The minimum absolute atomic E-state index is 0.761. The average Bonchev–Trinajstić information content (AvgIpc) is 3.09. The quantitative estimate of drug-likeness (QED) is 0.749. The Bertz CT molecular complexity index is 408. The van der Waals surface area contributed by atoms with Crippen molar-refractivity contribution in [1.82, 2.24) is 10.3 Å². The van der Waals surface area contributed by atoms with Crippen LogP contribution in [0.5, 0.6) is 0 Å². The smallest absolute Gasteiger partial charge is 0.185 e. The molecule has 1 aliphatic rings. The summed E-state index contributed by atoms with van der Waals surface area (Å²) in [6.45, 7) is 9.41. The number of nitrogens with zero attached hydrogens (tertiary/aromatic N) is 2. The molecular weight excluding hydrogens is 270 g/mol. The number of nitrogens with one attached hydrogen (secondary N) is 1. The Labute approximate surface area is 126 Å². The second-order valence-electron chi connectivity index (χ2n) is 5.40. The zero-order chi connectivity index (χ0) is 14.4. The molecule has 1 fully saturated rings. The first kappa shape index (κ1) is 15.7. The molecule has 1 aromatic heterocycles. The third kappa shape index (κ3) is 3.93. The van der Waals surface area contributed by atoms with Crippen molar-refractivity contribution in [1.29, 1.82) is 0 Å². The summed E-state index contributed by atoms with van der Waals surface area (Å²) in [6, 6.07) is 0. The molecule has 0 aliphatic carbocycles. The van der Waals surface area contributed by atoms with Gasteiger partial charge in [0.05, 0.1) is 12.3 Å². The lowest BCUT2D eigenvalue weighted by molar-refractivity contribution is 0.199. The first-order chi connectivity index (χ1) is 9.78. The van der Waals surface area contributed by atoms with E-state index in [9.17, 15) is 0 Å². The lowest BCUT2D eigenvalue weighted by atomic mass is 10.1. The van der Waals surface area contributed by atoms with E-state index in [1.807, 2.05) is 11.3 Å². The fraction of sp³-hybridized carbons (Fsp3) is 0.800. The van der Waals surface area contributed by atoms with Crippen molar-refractivity contribution in [2.45, 2.75) is 39.7 Å². The standard InChI is InChI=1S/C15H27N3OS/c1-4-12-6-8-18(11-12)15-17-13(5-2)14(20-15)10-16-7-9-19-3/h12,16H,4-11H2,1-3H3. The zero-order valence-corrected chi connectivity index (χ0v) is 13.8. The summed E-state index contributed by atoms with van der Waals surface area (Å²) in [5.74, 6) is 0.854. The Morgan fingerprint density at radius 3 is 2.95 bits per heavy atom.